The summed E-state index contributed by atoms with van der Waals surface area (Å²) in [5, 5.41) is 2.21. The van der Waals surface area contributed by atoms with Crippen LogP contribution in [0.4, 0.5) is 0 Å². The minimum Gasteiger partial charge on any atom is -0.144 e. The molecule has 0 unspecified atom stereocenters. The maximum absolute atomic E-state index is 2.26. The van der Waals surface area contributed by atoms with Gasteiger partial charge in [-0.05, 0) is 60.4 Å². The molecule has 21 heavy (non-hydrogen) atoms. The van der Waals surface area contributed by atoms with Crippen LogP contribution in [0.25, 0.3) is 10.4 Å². The fourth-order valence-electron chi connectivity index (χ4n) is 2.46. The second-order valence-corrected chi connectivity index (χ2v) is 6.58. The molecular formula is C20H20S. The summed E-state index contributed by atoms with van der Waals surface area (Å²) in [4.78, 5) is 1.36. The van der Waals surface area contributed by atoms with E-state index in [2.05, 4.69) is 73.8 Å². The van der Waals surface area contributed by atoms with E-state index in [1.54, 1.807) is 0 Å². The number of benzene rings is 2. The zero-order valence-corrected chi connectivity index (χ0v) is 13.4. The van der Waals surface area contributed by atoms with Gasteiger partial charge >= 0.3 is 0 Å². The largest absolute Gasteiger partial charge is 0.144 e. The molecule has 0 aliphatic rings. The van der Waals surface area contributed by atoms with Gasteiger partial charge in [0.15, 0.2) is 0 Å². The lowest BCUT2D eigenvalue weighted by atomic mass is 10.0. The predicted molar refractivity (Wildman–Crippen MR) is 93.1 cm³/mol. The van der Waals surface area contributed by atoms with Gasteiger partial charge in [0.05, 0.1) is 0 Å². The Bertz CT molecular complexity index is 702. The van der Waals surface area contributed by atoms with Gasteiger partial charge in [-0.3, -0.25) is 0 Å². The third-order valence-corrected chi connectivity index (χ3v) is 4.89. The van der Waals surface area contributed by atoms with E-state index in [-0.39, 0.29) is 0 Å². The Morgan fingerprint density at radius 1 is 0.714 bits per heavy atom. The van der Waals surface area contributed by atoms with Crippen LogP contribution in [-0.4, -0.2) is 0 Å². The second-order valence-electron chi connectivity index (χ2n) is 5.67. The molecule has 3 rings (SSSR count). The Hall–Kier alpha value is -1.86. The summed E-state index contributed by atoms with van der Waals surface area (Å²) in [5.74, 6) is 0. The molecule has 0 saturated carbocycles. The Morgan fingerprint density at radius 3 is 1.81 bits per heavy atom. The molecule has 1 heterocycles. The van der Waals surface area contributed by atoms with Crippen LogP contribution in [0.1, 0.15) is 22.3 Å². The molecule has 0 bridgehead atoms. The minimum absolute atomic E-state index is 1.10. The van der Waals surface area contributed by atoms with Gasteiger partial charge in [0.1, 0.15) is 0 Å². The SMILES string of the molecule is Cc1ccc(CCc2ccc(-c3cc(C)cs3)cc2)cc1. The van der Waals surface area contributed by atoms with Crippen LogP contribution in [0, 0.1) is 13.8 Å². The van der Waals surface area contributed by atoms with Crippen LogP contribution in [0.2, 0.25) is 0 Å². The van der Waals surface area contributed by atoms with E-state index in [0.29, 0.717) is 0 Å². The van der Waals surface area contributed by atoms with Crippen molar-refractivity contribution in [1.29, 1.82) is 0 Å². The van der Waals surface area contributed by atoms with Crippen molar-refractivity contribution in [1.82, 2.24) is 0 Å². The predicted octanol–water partition coefficient (Wildman–Crippen LogP) is 5.82. The van der Waals surface area contributed by atoms with E-state index in [1.807, 2.05) is 11.3 Å². The third kappa shape index (κ3) is 3.62. The smallest absolute Gasteiger partial charge is 0.0345 e. The lowest BCUT2D eigenvalue weighted by Gasteiger charge is -2.04. The van der Waals surface area contributed by atoms with Crippen LogP contribution in [-0.2, 0) is 12.8 Å². The first kappa shape index (κ1) is 14.1. The maximum atomic E-state index is 2.26. The fraction of sp³-hybridized carbons (Fsp3) is 0.200. The number of hydrogen-bond acceptors (Lipinski definition) is 1. The first-order chi connectivity index (χ1) is 10.2. The summed E-state index contributed by atoms with van der Waals surface area (Å²) in [5.41, 5.74) is 6.83. The second kappa shape index (κ2) is 6.28. The molecule has 0 amide bonds. The number of thiophene rings is 1. The molecule has 0 atom stereocenters. The topological polar surface area (TPSA) is 0 Å². The maximum Gasteiger partial charge on any atom is 0.0345 e. The quantitative estimate of drug-likeness (QED) is 0.568. The first-order valence-electron chi connectivity index (χ1n) is 7.41. The van der Waals surface area contributed by atoms with E-state index in [0.717, 1.165) is 12.8 Å². The molecule has 0 spiro atoms. The zero-order chi connectivity index (χ0) is 14.7. The zero-order valence-electron chi connectivity index (χ0n) is 12.6. The Morgan fingerprint density at radius 2 is 1.29 bits per heavy atom. The van der Waals surface area contributed by atoms with Gasteiger partial charge in [-0.2, -0.15) is 0 Å². The molecule has 2 aromatic carbocycles. The van der Waals surface area contributed by atoms with Crippen LogP contribution < -0.4 is 0 Å². The van der Waals surface area contributed by atoms with Crippen LogP contribution in [0.15, 0.2) is 60.0 Å². The fourth-order valence-corrected chi connectivity index (χ4v) is 3.37. The van der Waals surface area contributed by atoms with Gasteiger partial charge < -0.3 is 0 Å². The molecule has 106 valence electrons. The van der Waals surface area contributed by atoms with Gasteiger partial charge in [-0.1, -0.05) is 54.1 Å². The van der Waals surface area contributed by atoms with Gasteiger partial charge in [-0.25, -0.2) is 0 Å². The van der Waals surface area contributed by atoms with Crippen LogP contribution in [0.3, 0.4) is 0 Å². The summed E-state index contributed by atoms with van der Waals surface area (Å²) in [6.07, 6.45) is 2.21. The highest BCUT2D eigenvalue weighted by Gasteiger charge is 2.01. The first-order valence-corrected chi connectivity index (χ1v) is 8.29. The Balaban J connectivity index is 1.65. The van der Waals surface area contributed by atoms with Gasteiger partial charge in [-0.15, -0.1) is 11.3 Å². The van der Waals surface area contributed by atoms with E-state index in [1.165, 1.54) is 32.7 Å². The van der Waals surface area contributed by atoms with Crippen molar-refractivity contribution in [2.45, 2.75) is 26.7 Å². The molecule has 0 nitrogen and oxygen atoms in total. The van der Waals surface area contributed by atoms with Crippen LogP contribution in [0.5, 0.6) is 0 Å². The number of rotatable bonds is 4. The van der Waals surface area contributed by atoms with Crippen molar-refractivity contribution in [3.8, 4) is 10.4 Å². The summed E-state index contributed by atoms with van der Waals surface area (Å²) >= 11 is 1.82. The molecule has 0 fully saturated rings. The summed E-state index contributed by atoms with van der Waals surface area (Å²) < 4.78 is 0. The molecule has 0 radical (unpaired) electrons. The van der Waals surface area contributed by atoms with Crippen molar-refractivity contribution in [3.05, 3.63) is 82.2 Å². The number of hydrogen-bond donors (Lipinski definition) is 0. The molecule has 0 aliphatic heterocycles. The standard InChI is InChI=1S/C20H20S/c1-15-3-5-17(6-4-15)7-8-18-9-11-19(12-10-18)20-13-16(2)14-21-20/h3-6,9-14H,7-8H2,1-2H3. The monoisotopic (exact) mass is 292 g/mol. The minimum atomic E-state index is 1.10. The van der Waals surface area contributed by atoms with E-state index >= 15 is 0 Å². The van der Waals surface area contributed by atoms with Crippen molar-refractivity contribution >= 4 is 11.3 Å². The lowest BCUT2D eigenvalue weighted by molar-refractivity contribution is 0.959. The molecule has 0 aliphatic carbocycles. The van der Waals surface area contributed by atoms with Gasteiger partial charge in [0.2, 0.25) is 0 Å². The van der Waals surface area contributed by atoms with E-state index in [9.17, 15) is 0 Å². The highest BCUT2D eigenvalue weighted by Crippen LogP contribution is 2.27. The third-order valence-electron chi connectivity index (χ3n) is 3.79. The summed E-state index contributed by atoms with van der Waals surface area (Å²) in [6, 6.07) is 20.1. The van der Waals surface area contributed by atoms with E-state index < -0.39 is 0 Å². The average Bonchev–Trinajstić information content (AvgIpc) is 2.94. The van der Waals surface area contributed by atoms with Crippen molar-refractivity contribution in [2.24, 2.45) is 0 Å². The van der Waals surface area contributed by atoms with Gasteiger partial charge in [0.25, 0.3) is 0 Å². The van der Waals surface area contributed by atoms with Crippen molar-refractivity contribution < 1.29 is 0 Å². The molecule has 1 aromatic heterocycles. The normalized spacial score (nSPS) is 10.8. The summed E-state index contributed by atoms with van der Waals surface area (Å²) in [6.45, 7) is 4.28. The Kier molecular flexibility index (Phi) is 4.21. The van der Waals surface area contributed by atoms with Crippen molar-refractivity contribution in [3.63, 3.8) is 0 Å². The van der Waals surface area contributed by atoms with Gasteiger partial charge in [0, 0.05) is 4.88 Å². The molecular weight excluding hydrogens is 272 g/mol. The highest BCUT2D eigenvalue weighted by molar-refractivity contribution is 7.13. The lowest BCUT2D eigenvalue weighted by Crippen LogP contribution is -1.91. The molecule has 0 N–H and O–H groups in total. The molecule has 0 saturated heterocycles. The molecule has 3 aromatic rings. The van der Waals surface area contributed by atoms with Crippen molar-refractivity contribution in [2.75, 3.05) is 0 Å². The van der Waals surface area contributed by atoms with Crippen LogP contribution >= 0.6 is 11.3 Å². The number of aryl methyl sites for hydroxylation is 4. The summed E-state index contributed by atoms with van der Waals surface area (Å²) in [7, 11) is 0. The Labute approximate surface area is 131 Å². The van der Waals surface area contributed by atoms with E-state index in [4.69, 9.17) is 0 Å². The highest BCUT2D eigenvalue weighted by atomic mass is 32.1. The average molecular weight is 292 g/mol. The molecule has 1 heteroatoms.